The number of hydrogen-bond donors (Lipinski definition) is 0. The highest BCUT2D eigenvalue weighted by Gasteiger charge is 2.52. The van der Waals surface area contributed by atoms with E-state index in [1.54, 1.807) is 0 Å². The lowest BCUT2D eigenvalue weighted by Crippen LogP contribution is -2.58. The zero-order valence-electron chi connectivity index (χ0n) is 16.6. The molecular formula is C19H23F3N2O5S. The fourth-order valence-corrected chi connectivity index (χ4v) is 5.43. The molecule has 2 aliphatic carbocycles. The number of piperidine rings is 1. The minimum absolute atomic E-state index is 0.158. The molecule has 1 unspecified atom stereocenters. The van der Waals surface area contributed by atoms with E-state index in [9.17, 15) is 31.7 Å². The molecule has 166 valence electrons. The number of fused-ring (bicyclic) bond motifs is 4. The van der Waals surface area contributed by atoms with Gasteiger partial charge >= 0.3 is 21.3 Å². The van der Waals surface area contributed by atoms with Crippen LogP contribution < -0.4 is 4.18 Å². The van der Waals surface area contributed by atoms with E-state index in [1.807, 2.05) is 6.92 Å². The summed E-state index contributed by atoms with van der Waals surface area (Å²) < 4.78 is 65.6. The van der Waals surface area contributed by atoms with E-state index in [4.69, 9.17) is 0 Å². The number of hydrogen-bond acceptors (Lipinski definition) is 6. The maximum Gasteiger partial charge on any atom is 0.534 e. The predicted molar refractivity (Wildman–Crippen MR) is 102 cm³/mol. The van der Waals surface area contributed by atoms with E-state index in [0.717, 1.165) is 25.6 Å². The van der Waals surface area contributed by atoms with Gasteiger partial charge in [0.25, 0.3) is 0 Å². The van der Waals surface area contributed by atoms with E-state index in [1.165, 1.54) is 18.9 Å². The molecule has 0 amide bonds. The van der Waals surface area contributed by atoms with Crippen LogP contribution in [0.3, 0.4) is 0 Å². The molecule has 1 aromatic carbocycles. The normalized spacial score (nSPS) is 29.4. The van der Waals surface area contributed by atoms with Crippen LogP contribution in [0.25, 0.3) is 0 Å². The molecule has 1 saturated heterocycles. The molecular weight excluding hydrogens is 425 g/mol. The Kier molecular flexibility index (Phi) is 4.85. The third-order valence-corrected chi connectivity index (χ3v) is 8.03. The van der Waals surface area contributed by atoms with Crippen LogP contribution in [0.4, 0.5) is 18.9 Å². The standard InChI is InChI=1S/C19H23F3N2O5S/c1-11-15-7-13-8-16(24(25)26)17(29-30(27,28)19(20,21)22)9-14(13)18(11,2)5-6-23(15)10-12-3-4-12/h8-9,11-12,15H,3-7,10H2,1-2H3/t11-,15?,18-/m0/s1. The van der Waals surface area contributed by atoms with Gasteiger partial charge in [-0.2, -0.15) is 21.6 Å². The monoisotopic (exact) mass is 448 g/mol. The molecule has 1 heterocycles. The fourth-order valence-electron chi connectivity index (χ4n) is 4.97. The van der Waals surface area contributed by atoms with Crippen molar-refractivity contribution in [2.45, 2.75) is 56.5 Å². The van der Waals surface area contributed by atoms with Crippen molar-refractivity contribution in [2.75, 3.05) is 13.1 Å². The highest BCUT2D eigenvalue weighted by Crippen LogP contribution is 2.51. The predicted octanol–water partition coefficient (Wildman–Crippen LogP) is 3.76. The molecule has 1 aliphatic heterocycles. The summed E-state index contributed by atoms with van der Waals surface area (Å²) in [5.74, 6) is -0.0324. The summed E-state index contributed by atoms with van der Waals surface area (Å²) in [6.45, 7) is 5.90. The van der Waals surface area contributed by atoms with Gasteiger partial charge in [0.1, 0.15) is 0 Å². The number of halogens is 3. The van der Waals surface area contributed by atoms with Crippen LogP contribution in [0.15, 0.2) is 12.1 Å². The van der Waals surface area contributed by atoms with Crippen molar-refractivity contribution in [3.63, 3.8) is 0 Å². The van der Waals surface area contributed by atoms with E-state index >= 15 is 0 Å². The zero-order chi connectivity index (χ0) is 22.1. The van der Waals surface area contributed by atoms with Crippen molar-refractivity contribution >= 4 is 15.8 Å². The molecule has 0 radical (unpaired) electrons. The van der Waals surface area contributed by atoms with Gasteiger partial charge in [-0.1, -0.05) is 13.8 Å². The molecule has 3 aliphatic rings. The summed E-state index contributed by atoms with van der Waals surface area (Å²) in [6, 6.07) is 2.51. The molecule has 1 saturated carbocycles. The Labute approximate surface area is 172 Å². The zero-order valence-corrected chi connectivity index (χ0v) is 17.4. The van der Waals surface area contributed by atoms with Gasteiger partial charge in [-0.25, -0.2) is 0 Å². The molecule has 30 heavy (non-hydrogen) atoms. The number of nitrogens with zero attached hydrogens (tertiary/aromatic N) is 2. The van der Waals surface area contributed by atoms with Gasteiger partial charge in [0.2, 0.25) is 5.75 Å². The Bertz CT molecular complexity index is 993. The van der Waals surface area contributed by atoms with E-state index in [-0.39, 0.29) is 12.0 Å². The number of nitro groups is 1. The molecule has 3 atom stereocenters. The van der Waals surface area contributed by atoms with E-state index < -0.39 is 37.4 Å². The summed E-state index contributed by atoms with van der Waals surface area (Å²) in [4.78, 5) is 13.0. The maximum atomic E-state index is 12.8. The Hall–Kier alpha value is -1.88. The summed E-state index contributed by atoms with van der Waals surface area (Å²) in [5.41, 5.74) is -5.58. The molecule has 2 fully saturated rings. The lowest BCUT2D eigenvalue weighted by molar-refractivity contribution is -0.385. The minimum Gasteiger partial charge on any atom is -0.369 e. The average Bonchev–Trinajstić information content (AvgIpc) is 3.43. The van der Waals surface area contributed by atoms with Gasteiger partial charge in [0.15, 0.2) is 0 Å². The fraction of sp³-hybridized carbons (Fsp3) is 0.684. The number of likely N-dealkylation sites (tertiary alicyclic amines) is 1. The van der Waals surface area contributed by atoms with Crippen LogP contribution in [-0.2, 0) is 22.0 Å². The summed E-state index contributed by atoms with van der Waals surface area (Å²) in [5, 5.41) is 11.5. The molecule has 0 N–H and O–H groups in total. The molecule has 0 aromatic heterocycles. The summed E-state index contributed by atoms with van der Waals surface area (Å²) >= 11 is 0. The van der Waals surface area contributed by atoms with Crippen LogP contribution in [0.2, 0.25) is 0 Å². The first-order valence-corrected chi connectivity index (χ1v) is 11.3. The lowest BCUT2D eigenvalue weighted by Gasteiger charge is -2.54. The summed E-state index contributed by atoms with van der Waals surface area (Å²) in [6.07, 6.45) is 3.69. The number of rotatable bonds is 5. The molecule has 2 bridgehead atoms. The SMILES string of the molecule is C[C@H]1C2Cc3cc([N+](=O)[O-])c(OS(=O)(=O)C(F)(F)F)cc3[C@@]1(C)CCN2CC1CC1. The molecule has 1 aromatic rings. The molecule has 0 spiro atoms. The van der Waals surface area contributed by atoms with Gasteiger partial charge in [0, 0.05) is 18.7 Å². The Balaban J connectivity index is 1.77. The number of alkyl halides is 3. The third kappa shape index (κ3) is 3.45. The second kappa shape index (κ2) is 6.81. The van der Waals surface area contributed by atoms with Crippen LogP contribution in [0, 0.1) is 22.0 Å². The largest absolute Gasteiger partial charge is 0.534 e. The highest BCUT2D eigenvalue weighted by atomic mass is 32.2. The summed E-state index contributed by atoms with van der Waals surface area (Å²) in [7, 11) is -6.02. The first-order chi connectivity index (χ1) is 13.8. The van der Waals surface area contributed by atoms with Crippen LogP contribution in [-0.4, -0.2) is 42.9 Å². The van der Waals surface area contributed by atoms with Crippen LogP contribution in [0.5, 0.6) is 5.75 Å². The number of nitro benzene ring substituents is 1. The van der Waals surface area contributed by atoms with Crippen LogP contribution >= 0.6 is 0 Å². The lowest BCUT2D eigenvalue weighted by atomic mass is 9.59. The quantitative estimate of drug-likeness (QED) is 0.295. The van der Waals surface area contributed by atoms with Gasteiger partial charge < -0.3 is 4.18 Å². The molecule has 7 nitrogen and oxygen atoms in total. The van der Waals surface area contributed by atoms with Gasteiger partial charge in [-0.15, -0.1) is 0 Å². The van der Waals surface area contributed by atoms with E-state index in [0.29, 0.717) is 23.5 Å². The Morgan fingerprint density at radius 3 is 2.57 bits per heavy atom. The van der Waals surface area contributed by atoms with Gasteiger partial charge in [-0.3, -0.25) is 15.0 Å². The Morgan fingerprint density at radius 2 is 2.00 bits per heavy atom. The Morgan fingerprint density at radius 1 is 1.33 bits per heavy atom. The maximum absolute atomic E-state index is 12.8. The topological polar surface area (TPSA) is 89.7 Å². The van der Waals surface area contributed by atoms with Crippen molar-refractivity contribution in [2.24, 2.45) is 11.8 Å². The van der Waals surface area contributed by atoms with Crippen LogP contribution in [0.1, 0.15) is 44.2 Å². The first-order valence-electron chi connectivity index (χ1n) is 9.90. The van der Waals surface area contributed by atoms with E-state index in [2.05, 4.69) is 16.0 Å². The van der Waals surface area contributed by atoms with Crippen molar-refractivity contribution in [1.82, 2.24) is 4.90 Å². The van der Waals surface area contributed by atoms with Crippen molar-refractivity contribution in [3.05, 3.63) is 33.4 Å². The second-order valence-electron chi connectivity index (χ2n) is 8.88. The van der Waals surface area contributed by atoms with Crippen molar-refractivity contribution in [3.8, 4) is 5.75 Å². The van der Waals surface area contributed by atoms with Crippen molar-refractivity contribution in [1.29, 1.82) is 0 Å². The van der Waals surface area contributed by atoms with Gasteiger partial charge in [0.05, 0.1) is 4.92 Å². The highest BCUT2D eigenvalue weighted by molar-refractivity contribution is 7.88. The smallest absolute Gasteiger partial charge is 0.369 e. The molecule has 11 heteroatoms. The third-order valence-electron chi connectivity index (χ3n) is 7.07. The first kappa shape index (κ1) is 21.4. The average molecular weight is 448 g/mol. The second-order valence-corrected chi connectivity index (χ2v) is 10.4. The van der Waals surface area contributed by atoms with Gasteiger partial charge in [-0.05, 0) is 66.7 Å². The molecule has 4 rings (SSSR count). The number of benzene rings is 1. The van der Waals surface area contributed by atoms with Crippen molar-refractivity contribution < 1.29 is 30.7 Å². The minimum atomic E-state index is -6.02.